The number of pyridine rings is 1. The Hall–Kier alpha value is -0.890. The van der Waals surface area contributed by atoms with E-state index < -0.39 is 0 Å². The molecule has 1 atom stereocenters. The van der Waals surface area contributed by atoms with Crippen LogP contribution in [0.5, 0.6) is 0 Å². The first-order valence-electron chi connectivity index (χ1n) is 7.01. The average Bonchev–Trinajstić information content (AvgIpc) is 2.70. The highest BCUT2D eigenvalue weighted by Crippen LogP contribution is 2.34. The standard InChI is InChI=1S/C16H26N2/c1-12-8-13(2)17-9-14(12)10-18-7-6-15(11-18)16(3,4)5/h8-9,15H,6-7,10-11H2,1-5H3. The molecule has 0 saturated carbocycles. The van der Waals surface area contributed by atoms with Gasteiger partial charge in [-0.05, 0) is 55.3 Å². The molecular formula is C16H26N2. The molecule has 100 valence electrons. The number of nitrogens with zero attached hydrogens (tertiary/aromatic N) is 2. The summed E-state index contributed by atoms with van der Waals surface area (Å²) in [5, 5.41) is 0. The molecule has 0 aliphatic carbocycles. The molecule has 0 spiro atoms. The molecule has 0 amide bonds. The molecule has 1 aliphatic rings. The minimum absolute atomic E-state index is 0.440. The Balaban J connectivity index is 1.99. The van der Waals surface area contributed by atoms with Gasteiger partial charge in [0.05, 0.1) is 0 Å². The van der Waals surface area contributed by atoms with Crippen molar-refractivity contribution in [2.75, 3.05) is 13.1 Å². The molecule has 0 bridgehead atoms. The molecule has 2 rings (SSSR count). The summed E-state index contributed by atoms with van der Waals surface area (Å²) in [6, 6.07) is 2.19. The van der Waals surface area contributed by atoms with Crippen LogP contribution in [0.1, 0.15) is 44.0 Å². The third-order valence-corrected chi connectivity index (χ3v) is 4.25. The van der Waals surface area contributed by atoms with Crippen molar-refractivity contribution in [3.63, 3.8) is 0 Å². The van der Waals surface area contributed by atoms with Gasteiger partial charge in [-0.15, -0.1) is 0 Å². The van der Waals surface area contributed by atoms with E-state index in [0.29, 0.717) is 5.41 Å². The van der Waals surface area contributed by atoms with E-state index in [9.17, 15) is 0 Å². The van der Waals surface area contributed by atoms with E-state index in [0.717, 1.165) is 18.2 Å². The first kappa shape index (κ1) is 13.5. The van der Waals surface area contributed by atoms with Gasteiger partial charge in [-0.1, -0.05) is 20.8 Å². The number of likely N-dealkylation sites (tertiary alicyclic amines) is 1. The maximum absolute atomic E-state index is 4.42. The second-order valence-electron chi connectivity index (χ2n) is 6.84. The molecule has 1 saturated heterocycles. The first-order chi connectivity index (χ1) is 8.36. The fourth-order valence-corrected chi connectivity index (χ4v) is 2.81. The van der Waals surface area contributed by atoms with Crippen LogP contribution in [0.4, 0.5) is 0 Å². The smallest absolute Gasteiger partial charge is 0.0375 e. The molecule has 2 heterocycles. The van der Waals surface area contributed by atoms with E-state index in [1.807, 2.05) is 0 Å². The van der Waals surface area contributed by atoms with Crippen molar-refractivity contribution in [2.24, 2.45) is 11.3 Å². The Labute approximate surface area is 111 Å². The van der Waals surface area contributed by atoms with Crippen molar-refractivity contribution < 1.29 is 0 Å². The van der Waals surface area contributed by atoms with E-state index in [1.165, 1.54) is 30.6 Å². The second-order valence-corrected chi connectivity index (χ2v) is 6.84. The summed E-state index contributed by atoms with van der Waals surface area (Å²) >= 11 is 0. The largest absolute Gasteiger partial charge is 0.299 e. The van der Waals surface area contributed by atoms with Crippen LogP contribution in [0.15, 0.2) is 12.3 Å². The summed E-state index contributed by atoms with van der Waals surface area (Å²) in [7, 11) is 0. The summed E-state index contributed by atoms with van der Waals surface area (Å²) in [6.45, 7) is 14.9. The molecule has 0 radical (unpaired) electrons. The Morgan fingerprint density at radius 2 is 2.06 bits per heavy atom. The van der Waals surface area contributed by atoms with Gasteiger partial charge in [0.1, 0.15) is 0 Å². The molecule has 1 aromatic rings. The van der Waals surface area contributed by atoms with Crippen LogP contribution in [0.3, 0.4) is 0 Å². The van der Waals surface area contributed by atoms with Crippen molar-refractivity contribution in [3.8, 4) is 0 Å². The lowest BCUT2D eigenvalue weighted by molar-refractivity contribution is 0.226. The third-order valence-electron chi connectivity index (χ3n) is 4.25. The van der Waals surface area contributed by atoms with Crippen molar-refractivity contribution in [3.05, 3.63) is 29.1 Å². The van der Waals surface area contributed by atoms with Gasteiger partial charge in [0.25, 0.3) is 0 Å². The van der Waals surface area contributed by atoms with Crippen molar-refractivity contribution >= 4 is 0 Å². The minimum Gasteiger partial charge on any atom is -0.299 e. The third kappa shape index (κ3) is 3.11. The fourth-order valence-electron chi connectivity index (χ4n) is 2.81. The van der Waals surface area contributed by atoms with Gasteiger partial charge in [-0.2, -0.15) is 0 Å². The molecule has 2 heteroatoms. The van der Waals surface area contributed by atoms with Crippen LogP contribution in [0.25, 0.3) is 0 Å². The Morgan fingerprint density at radius 1 is 1.33 bits per heavy atom. The zero-order valence-electron chi connectivity index (χ0n) is 12.5. The van der Waals surface area contributed by atoms with Gasteiger partial charge >= 0.3 is 0 Å². The Kier molecular flexibility index (Phi) is 3.76. The van der Waals surface area contributed by atoms with Gasteiger partial charge in [-0.3, -0.25) is 9.88 Å². The van der Waals surface area contributed by atoms with E-state index >= 15 is 0 Å². The maximum Gasteiger partial charge on any atom is 0.0375 e. The lowest BCUT2D eigenvalue weighted by Crippen LogP contribution is -2.26. The van der Waals surface area contributed by atoms with Gasteiger partial charge in [0.2, 0.25) is 0 Å². The highest BCUT2D eigenvalue weighted by Gasteiger charge is 2.31. The number of aromatic nitrogens is 1. The van der Waals surface area contributed by atoms with Gasteiger partial charge in [0.15, 0.2) is 0 Å². The molecule has 0 aromatic carbocycles. The minimum atomic E-state index is 0.440. The van der Waals surface area contributed by atoms with Crippen LogP contribution >= 0.6 is 0 Å². The molecule has 0 N–H and O–H groups in total. The van der Waals surface area contributed by atoms with Crippen molar-refractivity contribution in [1.29, 1.82) is 0 Å². The van der Waals surface area contributed by atoms with Crippen molar-refractivity contribution in [1.82, 2.24) is 9.88 Å². The van der Waals surface area contributed by atoms with E-state index in [2.05, 4.69) is 56.8 Å². The van der Waals surface area contributed by atoms with E-state index in [1.54, 1.807) is 0 Å². The van der Waals surface area contributed by atoms with Crippen LogP contribution < -0.4 is 0 Å². The highest BCUT2D eigenvalue weighted by atomic mass is 15.1. The molecule has 18 heavy (non-hydrogen) atoms. The quantitative estimate of drug-likeness (QED) is 0.793. The summed E-state index contributed by atoms with van der Waals surface area (Å²) in [6.07, 6.45) is 3.39. The SMILES string of the molecule is Cc1cc(C)c(CN2CCC(C(C)(C)C)C2)cn1. The second kappa shape index (κ2) is 5.00. The van der Waals surface area contributed by atoms with Gasteiger partial charge < -0.3 is 0 Å². The van der Waals surface area contributed by atoms with Gasteiger partial charge in [-0.25, -0.2) is 0 Å². The highest BCUT2D eigenvalue weighted by molar-refractivity contribution is 5.24. The number of rotatable bonds is 2. The molecule has 1 aromatic heterocycles. The lowest BCUT2D eigenvalue weighted by Gasteiger charge is -2.27. The van der Waals surface area contributed by atoms with Crippen LogP contribution in [-0.2, 0) is 6.54 Å². The Morgan fingerprint density at radius 3 is 2.61 bits per heavy atom. The maximum atomic E-state index is 4.42. The summed E-state index contributed by atoms with van der Waals surface area (Å²) in [4.78, 5) is 7.00. The molecular weight excluding hydrogens is 220 g/mol. The number of hydrogen-bond donors (Lipinski definition) is 0. The number of aryl methyl sites for hydroxylation is 2. The predicted octanol–water partition coefficient (Wildman–Crippen LogP) is 3.57. The van der Waals surface area contributed by atoms with Crippen LogP contribution in [0, 0.1) is 25.2 Å². The summed E-state index contributed by atoms with van der Waals surface area (Å²) < 4.78 is 0. The normalized spacial score (nSPS) is 21.5. The van der Waals surface area contributed by atoms with Crippen LogP contribution in [-0.4, -0.2) is 23.0 Å². The lowest BCUT2D eigenvalue weighted by atomic mass is 9.80. The van der Waals surface area contributed by atoms with Gasteiger partial charge in [0, 0.05) is 25.0 Å². The summed E-state index contributed by atoms with van der Waals surface area (Å²) in [5.74, 6) is 0.830. The zero-order valence-corrected chi connectivity index (χ0v) is 12.5. The zero-order chi connectivity index (χ0) is 13.3. The van der Waals surface area contributed by atoms with Crippen molar-refractivity contribution in [2.45, 2.75) is 47.6 Å². The van der Waals surface area contributed by atoms with E-state index in [-0.39, 0.29) is 0 Å². The number of hydrogen-bond acceptors (Lipinski definition) is 2. The molecule has 2 nitrogen and oxygen atoms in total. The average molecular weight is 246 g/mol. The predicted molar refractivity (Wildman–Crippen MR) is 76.6 cm³/mol. The van der Waals surface area contributed by atoms with Crippen LogP contribution in [0.2, 0.25) is 0 Å². The first-order valence-corrected chi connectivity index (χ1v) is 7.01. The monoisotopic (exact) mass is 246 g/mol. The topological polar surface area (TPSA) is 16.1 Å². The molecule has 1 aliphatic heterocycles. The van der Waals surface area contributed by atoms with E-state index in [4.69, 9.17) is 0 Å². The Bertz CT molecular complexity index is 418. The fraction of sp³-hybridized carbons (Fsp3) is 0.688. The molecule has 1 unspecified atom stereocenters. The summed E-state index contributed by atoms with van der Waals surface area (Å²) in [5.41, 5.74) is 4.32. The molecule has 1 fully saturated rings.